The molecule has 2 atom stereocenters. The van der Waals surface area contributed by atoms with Crippen LogP contribution in [0, 0.1) is 5.92 Å². The standard InChI is InChI=1S/C12H24N2O2/c1-4-5-10(2)11(12(15)16-3)14-8-6-13-7-9-14/h10-11,13H,4-9H2,1-3H3. The van der Waals surface area contributed by atoms with Crippen molar-refractivity contribution >= 4 is 5.97 Å². The monoisotopic (exact) mass is 228 g/mol. The molecule has 0 aromatic carbocycles. The van der Waals surface area contributed by atoms with Crippen molar-refractivity contribution in [2.24, 2.45) is 5.92 Å². The summed E-state index contributed by atoms with van der Waals surface area (Å²) in [4.78, 5) is 14.1. The molecule has 1 rings (SSSR count). The van der Waals surface area contributed by atoms with E-state index in [9.17, 15) is 4.79 Å². The van der Waals surface area contributed by atoms with Crippen molar-refractivity contribution in [1.29, 1.82) is 0 Å². The first kappa shape index (κ1) is 13.5. The Morgan fingerprint density at radius 2 is 2.06 bits per heavy atom. The summed E-state index contributed by atoms with van der Waals surface area (Å²) in [6, 6.07) is -0.0629. The molecule has 0 radical (unpaired) electrons. The number of nitrogens with one attached hydrogen (secondary N) is 1. The first-order chi connectivity index (χ1) is 7.70. The van der Waals surface area contributed by atoms with Crippen LogP contribution >= 0.6 is 0 Å². The largest absolute Gasteiger partial charge is 0.468 e. The Morgan fingerprint density at radius 1 is 1.44 bits per heavy atom. The minimum Gasteiger partial charge on any atom is -0.468 e. The maximum Gasteiger partial charge on any atom is 0.323 e. The molecule has 0 spiro atoms. The number of carbonyl (C=O) groups excluding carboxylic acids is 1. The smallest absolute Gasteiger partial charge is 0.323 e. The fraction of sp³-hybridized carbons (Fsp3) is 0.917. The van der Waals surface area contributed by atoms with Crippen LogP contribution in [0.2, 0.25) is 0 Å². The van der Waals surface area contributed by atoms with Gasteiger partial charge in [-0.15, -0.1) is 0 Å². The lowest BCUT2D eigenvalue weighted by atomic mass is 9.95. The number of hydrogen-bond acceptors (Lipinski definition) is 4. The first-order valence-corrected chi connectivity index (χ1v) is 6.23. The van der Waals surface area contributed by atoms with Gasteiger partial charge in [0.1, 0.15) is 6.04 Å². The highest BCUT2D eigenvalue weighted by Gasteiger charge is 2.32. The third-order valence-electron chi connectivity index (χ3n) is 3.27. The Balaban J connectivity index is 2.64. The van der Waals surface area contributed by atoms with Gasteiger partial charge in [0.15, 0.2) is 0 Å². The third-order valence-corrected chi connectivity index (χ3v) is 3.27. The Kier molecular flexibility index (Phi) is 5.77. The molecule has 1 fully saturated rings. The van der Waals surface area contributed by atoms with Gasteiger partial charge in [-0.2, -0.15) is 0 Å². The quantitative estimate of drug-likeness (QED) is 0.709. The summed E-state index contributed by atoms with van der Waals surface area (Å²) in [6.07, 6.45) is 2.18. The van der Waals surface area contributed by atoms with Gasteiger partial charge >= 0.3 is 5.97 Å². The summed E-state index contributed by atoms with van der Waals surface area (Å²) in [5.41, 5.74) is 0. The molecule has 1 N–H and O–H groups in total. The van der Waals surface area contributed by atoms with Gasteiger partial charge in [0.2, 0.25) is 0 Å². The van der Waals surface area contributed by atoms with E-state index in [1.54, 1.807) is 0 Å². The van der Waals surface area contributed by atoms with E-state index >= 15 is 0 Å². The van der Waals surface area contributed by atoms with Crippen molar-refractivity contribution in [3.8, 4) is 0 Å². The van der Waals surface area contributed by atoms with E-state index in [0.29, 0.717) is 5.92 Å². The molecule has 4 nitrogen and oxygen atoms in total. The molecule has 1 saturated heterocycles. The van der Waals surface area contributed by atoms with E-state index in [0.717, 1.165) is 39.0 Å². The van der Waals surface area contributed by atoms with Crippen molar-refractivity contribution in [3.63, 3.8) is 0 Å². The van der Waals surface area contributed by atoms with E-state index in [1.165, 1.54) is 7.11 Å². The molecule has 16 heavy (non-hydrogen) atoms. The highest BCUT2D eigenvalue weighted by Crippen LogP contribution is 2.18. The molecule has 0 aromatic rings. The second kappa shape index (κ2) is 6.86. The average Bonchev–Trinajstić information content (AvgIpc) is 2.31. The molecule has 4 heteroatoms. The molecule has 94 valence electrons. The van der Waals surface area contributed by atoms with Crippen LogP contribution in [0.5, 0.6) is 0 Å². The van der Waals surface area contributed by atoms with E-state index in [1.807, 2.05) is 0 Å². The maximum absolute atomic E-state index is 11.8. The van der Waals surface area contributed by atoms with Crippen molar-refractivity contribution < 1.29 is 9.53 Å². The average molecular weight is 228 g/mol. The second-order valence-corrected chi connectivity index (χ2v) is 4.52. The zero-order chi connectivity index (χ0) is 12.0. The molecule has 0 bridgehead atoms. The highest BCUT2D eigenvalue weighted by atomic mass is 16.5. The fourth-order valence-corrected chi connectivity index (χ4v) is 2.44. The molecule has 0 amide bonds. The van der Waals surface area contributed by atoms with Crippen molar-refractivity contribution in [2.45, 2.75) is 32.7 Å². The van der Waals surface area contributed by atoms with E-state index in [-0.39, 0.29) is 12.0 Å². The summed E-state index contributed by atoms with van der Waals surface area (Å²) >= 11 is 0. The molecule has 0 aromatic heterocycles. The van der Waals surface area contributed by atoms with Crippen LogP contribution in [0.1, 0.15) is 26.7 Å². The number of piperazine rings is 1. The predicted molar refractivity (Wildman–Crippen MR) is 64.3 cm³/mol. The zero-order valence-electron chi connectivity index (χ0n) is 10.7. The number of carbonyl (C=O) groups is 1. The SMILES string of the molecule is CCCC(C)C(C(=O)OC)N1CCNCC1. The molecule has 2 unspecified atom stereocenters. The molecule has 1 heterocycles. The Morgan fingerprint density at radius 3 is 2.56 bits per heavy atom. The summed E-state index contributed by atoms with van der Waals surface area (Å²) in [5.74, 6) is 0.290. The Bertz CT molecular complexity index is 215. The number of rotatable bonds is 5. The number of ether oxygens (including phenoxy) is 1. The maximum atomic E-state index is 11.8. The molecule has 0 saturated carbocycles. The molecular formula is C12H24N2O2. The first-order valence-electron chi connectivity index (χ1n) is 6.23. The lowest BCUT2D eigenvalue weighted by molar-refractivity contribution is -0.149. The van der Waals surface area contributed by atoms with Gasteiger partial charge in [-0.1, -0.05) is 20.3 Å². The number of esters is 1. The lowest BCUT2D eigenvalue weighted by Gasteiger charge is -2.36. The van der Waals surface area contributed by atoms with Crippen molar-refractivity contribution in [3.05, 3.63) is 0 Å². The number of nitrogens with zero attached hydrogens (tertiary/aromatic N) is 1. The summed E-state index contributed by atoms with van der Waals surface area (Å²) in [7, 11) is 1.48. The van der Waals surface area contributed by atoms with Gasteiger partial charge in [-0.25, -0.2) is 0 Å². The van der Waals surface area contributed by atoms with Crippen molar-refractivity contribution in [2.75, 3.05) is 33.3 Å². The van der Waals surface area contributed by atoms with Gasteiger partial charge in [-0.3, -0.25) is 9.69 Å². The molecule has 0 aliphatic carbocycles. The molecule has 1 aliphatic heterocycles. The van der Waals surface area contributed by atoms with Crippen LogP contribution in [0.4, 0.5) is 0 Å². The van der Waals surface area contributed by atoms with Gasteiger partial charge in [0.05, 0.1) is 7.11 Å². The van der Waals surface area contributed by atoms with Gasteiger partial charge < -0.3 is 10.1 Å². The van der Waals surface area contributed by atoms with E-state index in [2.05, 4.69) is 24.1 Å². The minimum atomic E-state index is -0.0807. The van der Waals surface area contributed by atoms with Crippen LogP contribution in [-0.4, -0.2) is 50.2 Å². The summed E-state index contributed by atoms with van der Waals surface area (Å²) in [6.45, 7) is 8.11. The van der Waals surface area contributed by atoms with Crippen LogP contribution < -0.4 is 5.32 Å². The fourth-order valence-electron chi connectivity index (χ4n) is 2.44. The third kappa shape index (κ3) is 3.46. The van der Waals surface area contributed by atoms with E-state index in [4.69, 9.17) is 4.74 Å². The normalized spacial score (nSPS) is 21.4. The second-order valence-electron chi connectivity index (χ2n) is 4.52. The number of hydrogen-bond donors (Lipinski definition) is 1. The molecular weight excluding hydrogens is 204 g/mol. The topological polar surface area (TPSA) is 41.6 Å². The van der Waals surface area contributed by atoms with Crippen LogP contribution in [0.3, 0.4) is 0 Å². The predicted octanol–water partition coefficient (Wildman–Crippen LogP) is 0.869. The Hall–Kier alpha value is -0.610. The van der Waals surface area contributed by atoms with Crippen LogP contribution in [0.15, 0.2) is 0 Å². The zero-order valence-corrected chi connectivity index (χ0v) is 10.7. The van der Waals surface area contributed by atoms with Crippen LogP contribution in [0.25, 0.3) is 0 Å². The number of methoxy groups -OCH3 is 1. The lowest BCUT2D eigenvalue weighted by Crippen LogP contribution is -2.53. The highest BCUT2D eigenvalue weighted by molar-refractivity contribution is 5.76. The summed E-state index contributed by atoms with van der Waals surface area (Å²) in [5, 5.41) is 3.30. The van der Waals surface area contributed by atoms with Crippen molar-refractivity contribution in [1.82, 2.24) is 10.2 Å². The van der Waals surface area contributed by atoms with E-state index < -0.39 is 0 Å². The van der Waals surface area contributed by atoms with Gasteiger partial charge in [0.25, 0.3) is 0 Å². The Labute approximate surface area is 98.3 Å². The minimum absolute atomic E-state index is 0.0629. The summed E-state index contributed by atoms with van der Waals surface area (Å²) < 4.78 is 4.93. The molecule has 1 aliphatic rings. The van der Waals surface area contributed by atoms with Crippen LogP contribution in [-0.2, 0) is 9.53 Å². The van der Waals surface area contributed by atoms with Gasteiger partial charge in [-0.05, 0) is 12.3 Å². The van der Waals surface area contributed by atoms with Gasteiger partial charge in [0, 0.05) is 26.2 Å².